The second kappa shape index (κ2) is 8.42. The predicted molar refractivity (Wildman–Crippen MR) is 91.2 cm³/mol. The summed E-state index contributed by atoms with van der Waals surface area (Å²) in [6, 6.07) is 17.2. The molecule has 0 aliphatic rings. The number of halogens is 2. The van der Waals surface area contributed by atoms with Crippen molar-refractivity contribution in [3.63, 3.8) is 0 Å². The van der Waals surface area contributed by atoms with E-state index in [2.05, 4.69) is 4.90 Å². The van der Waals surface area contributed by atoms with Crippen LogP contribution in [0.4, 0.5) is 5.69 Å². The van der Waals surface area contributed by atoms with E-state index in [1.165, 1.54) is 0 Å². The number of para-hydroxylation sites is 1. The third-order valence-electron chi connectivity index (χ3n) is 3.07. The molecule has 21 heavy (non-hydrogen) atoms. The molecule has 0 fully saturated rings. The lowest BCUT2D eigenvalue weighted by Gasteiger charge is -2.25. The number of alkyl halides is 2. The van der Waals surface area contributed by atoms with Gasteiger partial charge in [0.05, 0.1) is 21.4 Å². The highest BCUT2D eigenvalue weighted by Crippen LogP contribution is 2.27. The van der Waals surface area contributed by atoms with Crippen molar-refractivity contribution in [3.05, 3.63) is 54.6 Å². The third kappa shape index (κ3) is 4.22. The van der Waals surface area contributed by atoms with Crippen molar-refractivity contribution >= 4 is 39.7 Å². The maximum absolute atomic E-state index is 12.8. The average molecular weight is 342 g/mol. The molecule has 0 aliphatic carbocycles. The molecular formula is C16H17Cl2NOS. The summed E-state index contributed by atoms with van der Waals surface area (Å²) in [5.41, 5.74) is 0.931. The van der Waals surface area contributed by atoms with Crippen molar-refractivity contribution in [2.24, 2.45) is 0 Å². The zero-order valence-corrected chi connectivity index (χ0v) is 13.9. The predicted octanol–water partition coefficient (Wildman–Crippen LogP) is 4.14. The molecule has 2 rings (SSSR count). The van der Waals surface area contributed by atoms with Gasteiger partial charge in [0.15, 0.2) is 0 Å². The normalized spacial score (nSPS) is 12.1. The Morgan fingerprint density at radius 1 is 0.857 bits per heavy atom. The van der Waals surface area contributed by atoms with Gasteiger partial charge in [-0.15, -0.1) is 23.2 Å². The maximum Gasteiger partial charge on any atom is 0.0870 e. The minimum absolute atomic E-state index is 0.503. The lowest BCUT2D eigenvalue weighted by molar-refractivity contribution is 0.682. The van der Waals surface area contributed by atoms with Gasteiger partial charge in [-0.3, -0.25) is 0 Å². The molecule has 0 N–H and O–H groups in total. The lowest BCUT2D eigenvalue weighted by atomic mass is 10.3. The van der Waals surface area contributed by atoms with Crippen LogP contribution < -0.4 is 4.90 Å². The molecule has 1 unspecified atom stereocenters. The first-order valence-corrected chi connectivity index (χ1v) is 8.92. The summed E-state index contributed by atoms with van der Waals surface area (Å²) < 4.78 is 12.8. The van der Waals surface area contributed by atoms with Crippen LogP contribution in [0.5, 0.6) is 0 Å². The molecule has 2 aromatic rings. The van der Waals surface area contributed by atoms with E-state index >= 15 is 0 Å². The van der Waals surface area contributed by atoms with Gasteiger partial charge in [-0.1, -0.05) is 30.3 Å². The summed E-state index contributed by atoms with van der Waals surface area (Å²) in [5, 5.41) is 0. The van der Waals surface area contributed by atoms with Gasteiger partial charge in [0.2, 0.25) is 0 Å². The van der Waals surface area contributed by atoms with E-state index in [-0.39, 0.29) is 0 Å². The number of benzene rings is 2. The third-order valence-corrected chi connectivity index (χ3v) is 4.85. The SMILES string of the molecule is O=S(c1ccccc1)c1ccccc1N(CCCl)CCCl. The number of hydrogen-bond acceptors (Lipinski definition) is 2. The van der Waals surface area contributed by atoms with Gasteiger partial charge < -0.3 is 4.90 Å². The van der Waals surface area contributed by atoms with Crippen LogP contribution in [0, 0.1) is 0 Å². The van der Waals surface area contributed by atoms with E-state index in [1.807, 2.05) is 54.6 Å². The number of anilines is 1. The molecule has 112 valence electrons. The van der Waals surface area contributed by atoms with E-state index in [1.54, 1.807) is 0 Å². The Bertz CT molecular complexity index is 586. The summed E-state index contributed by atoms with van der Waals surface area (Å²) in [6.07, 6.45) is 0. The summed E-state index contributed by atoms with van der Waals surface area (Å²) in [7, 11) is -1.21. The summed E-state index contributed by atoms with van der Waals surface area (Å²) in [5.74, 6) is 1.01. The van der Waals surface area contributed by atoms with Gasteiger partial charge >= 0.3 is 0 Å². The summed E-state index contributed by atoms with van der Waals surface area (Å²) in [6.45, 7) is 1.36. The Labute approximate surface area is 138 Å². The van der Waals surface area contributed by atoms with Gasteiger partial charge in [0.1, 0.15) is 0 Å². The van der Waals surface area contributed by atoms with E-state index in [9.17, 15) is 4.21 Å². The molecule has 0 bridgehead atoms. The molecule has 5 heteroatoms. The Morgan fingerprint density at radius 2 is 1.43 bits per heavy atom. The zero-order chi connectivity index (χ0) is 15.1. The highest BCUT2D eigenvalue weighted by Gasteiger charge is 2.15. The molecule has 0 radical (unpaired) electrons. The van der Waals surface area contributed by atoms with Crippen LogP contribution in [0.15, 0.2) is 64.4 Å². The van der Waals surface area contributed by atoms with Gasteiger partial charge in [-0.2, -0.15) is 0 Å². The first-order chi connectivity index (χ1) is 10.3. The van der Waals surface area contributed by atoms with Crippen molar-refractivity contribution in [1.29, 1.82) is 0 Å². The number of rotatable bonds is 7. The van der Waals surface area contributed by atoms with Gasteiger partial charge in [-0.25, -0.2) is 4.21 Å². The van der Waals surface area contributed by atoms with Crippen molar-refractivity contribution in [3.8, 4) is 0 Å². The Balaban J connectivity index is 2.38. The van der Waals surface area contributed by atoms with Gasteiger partial charge in [0.25, 0.3) is 0 Å². The van der Waals surface area contributed by atoms with Crippen LogP contribution in [-0.4, -0.2) is 29.1 Å². The van der Waals surface area contributed by atoms with Gasteiger partial charge in [-0.05, 0) is 24.3 Å². The molecule has 0 heterocycles. The fourth-order valence-corrected chi connectivity index (χ4v) is 3.76. The lowest BCUT2D eigenvalue weighted by Crippen LogP contribution is -2.28. The molecule has 1 atom stereocenters. The Morgan fingerprint density at radius 3 is 2.05 bits per heavy atom. The van der Waals surface area contributed by atoms with Crippen LogP contribution in [-0.2, 0) is 10.8 Å². The van der Waals surface area contributed by atoms with Gasteiger partial charge in [0, 0.05) is 29.7 Å². The second-order valence-electron chi connectivity index (χ2n) is 4.41. The van der Waals surface area contributed by atoms with E-state index in [0.717, 1.165) is 15.5 Å². The second-order valence-corrected chi connectivity index (χ2v) is 6.62. The smallest absolute Gasteiger partial charge is 0.0870 e. The first kappa shape index (κ1) is 16.3. The molecule has 0 saturated heterocycles. The highest BCUT2D eigenvalue weighted by atomic mass is 35.5. The molecule has 0 aromatic heterocycles. The van der Waals surface area contributed by atoms with Crippen LogP contribution in [0.3, 0.4) is 0 Å². The quantitative estimate of drug-likeness (QED) is 0.705. The molecule has 0 aliphatic heterocycles. The van der Waals surface area contributed by atoms with Crippen LogP contribution in [0.25, 0.3) is 0 Å². The van der Waals surface area contributed by atoms with Crippen LogP contribution >= 0.6 is 23.2 Å². The summed E-state index contributed by atoms with van der Waals surface area (Å²) in [4.78, 5) is 3.66. The van der Waals surface area contributed by atoms with Crippen molar-refractivity contribution in [2.45, 2.75) is 9.79 Å². The maximum atomic E-state index is 12.8. The molecule has 2 nitrogen and oxygen atoms in total. The van der Waals surface area contributed by atoms with Crippen molar-refractivity contribution in [2.75, 3.05) is 29.7 Å². The molecular weight excluding hydrogens is 325 g/mol. The molecule has 0 amide bonds. The number of hydrogen-bond donors (Lipinski definition) is 0. The molecule has 2 aromatic carbocycles. The highest BCUT2D eigenvalue weighted by molar-refractivity contribution is 7.85. The molecule has 0 spiro atoms. The Kier molecular flexibility index (Phi) is 6.55. The van der Waals surface area contributed by atoms with E-state index < -0.39 is 10.8 Å². The monoisotopic (exact) mass is 341 g/mol. The standard InChI is InChI=1S/C16H17Cl2NOS/c17-10-12-19(13-11-18)15-8-4-5-9-16(15)21(20)14-6-2-1-3-7-14/h1-9H,10-13H2. The first-order valence-electron chi connectivity index (χ1n) is 6.70. The average Bonchev–Trinajstić information content (AvgIpc) is 2.55. The van der Waals surface area contributed by atoms with Crippen molar-refractivity contribution < 1.29 is 4.21 Å². The zero-order valence-electron chi connectivity index (χ0n) is 11.5. The largest absolute Gasteiger partial charge is 0.368 e. The minimum atomic E-state index is -1.21. The fraction of sp³-hybridized carbons (Fsp3) is 0.250. The minimum Gasteiger partial charge on any atom is -0.368 e. The van der Waals surface area contributed by atoms with Crippen molar-refractivity contribution in [1.82, 2.24) is 0 Å². The molecule has 0 saturated carbocycles. The van der Waals surface area contributed by atoms with E-state index in [0.29, 0.717) is 24.8 Å². The van der Waals surface area contributed by atoms with Crippen LogP contribution in [0.2, 0.25) is 0 Å². The fourth-order valence-electron chi connectivity index (χ4n) is 2.10. The van der Waals surface area contributed by atoms with Crippen LogP contribution in [0.1, 0.15) is 0 Å². The van der Waals surface area contributed by atoms with E-state index in [4.69, 9.17) is 23.2 Å². The topological polar surface area (TPSA) is 20.3 Å². The summed E-state index contributed by atoms with van der Waals surface area (Å²) >= 11 is 11.7. The number of nitrogens with zero attached hydrogens (tertiary/aromatic N) is 1. The Hall–Kier alpha value is -1.03.